The van der Waals surface area contributed by atoms with Gasteiger partial charge in [-0.15, -0.1) is 0 Å². The Morgan fingerprint density at radius 1 is 1.11 bits per heavy atom. The van der Waals surface area contributed by atoms with Gasteiger partial charge in [0.15, 0.2) is 0 Å². The van der Waals surface area contributed by atoms with Crippen LogP contribution in [0.25, 0.3) is 17.0 Å². The van der Waals surface area contributed by atoms with Crippen LogP contribution in [0.15, 0.2) is 42.5 Å². The second kappa shape index (κ2) is 11.5. The predicted molar refractivity (Wildman–Crippen MR) is 151 cm³/mol. The lowest BCUT2D eigenvalue weighted by Gasteiger charge is -2.36. The third kappa shape index (κ3) is 6.05. The minimum absolute atomic E-state index is 0.236. The molecule has 2 fully saturated rings. The summed E-state index contributed by atoms with van der Waals surface area (Å²) in [5.74, 6) is 1.27. The first kappa shape index (κ1) is 25.5. The summed E-state index contributed by atoms with van der Waals surface area (Å²) in [4.78, 5) is 27.2. The Labute approximate surface area is 223 Å². The fourth-order valence-electron chi connectivity index (χ4n) is 5.27. The van der Waals surface area contributed by atoms with E-state index in [1.165, 1.54) is 44.8 Å². The molecule has 2 aromatic carbocycles. The summed E-state index contributed by atoms with van der Waals surface area (Å²) in [6.07, 6.45) is 8.18. The van der Waals surface area contributed by atoms with Gasteiger partial charge in [0.2, 0.25) is 11.9 Å². The van der Waals surface area contributed by atoms with Crippen LogP contribution in [0.3, 0.4) is 0 Å². The van der Waals surface area contributed by atoms with E-state index < -0.39 is 0 Å². The average molecular weight is 520 g/mol. The number of carbonyl (C=O) groups is 1. The van der Waals surface area contributed by atoms with Crippen molar-refractivity contribution in [2.24, 2.45) is 0 Å². The van der Waals surface area contributed by atoms with Crippen LogP contribution in [0.5, 0.6) is 5.75 Å². The summed E-state index contributed by atoms with van der Waals surface area (Å²) in [6, 6.07) is 11.9. The number of nitrogens with one attached hydrogen (secondary N) is 1. The third-order valence-corrected chi connectivity index (χ3v) is 7.57. The van der Waals surface area contributed by atoms with Crippen LogP contribution in [0, 0.1) is 6.92 Å². The van der Waals surface area contributed by atoms with E-state index in [9.17, 15) is 4.79 Å². The number of amides is 1. The molecule has 0 radical (unpaired) electrons. The summed E-state index contributed by atoms with van der Waals surface area (Å²) in [5, 5.41) is 4.40. The van der Waals surface area contributed by atoms with Crippen LogP contribution >= 0.6 is 11.6 Å². The monoisotopic (exact) mass is 519 g/mol. The predicted octanol–water partition coefficient (Wildman–Crippen LogP) is 5.71. The molecule has 3 heterocycles. The maximum Gasteiger partial charge on any atom is 0.248 e. The molecule has 8 heteroatoms. The molecule has 2 aliphatic heterocycles. The molecule has 2 saturated heterocycles. The first-order chi connectivity index (χ1) is 18.0. The number of aryl methyl sites for hydroxylation is 1. The molecule has 0 saturated carbocycles. The van der Waals surface area contributed by atoms with Gasteiger partial charge in [-0.1, -0.05) is 11.6 Å². The normalized spacial score (nSPS) is 17.1. The Morgan fingerprint density at radius 3 is 2.62 bits per heavy atom. The minimum atomic E-state index is -0.236. The highest BCUT2D eigenvalue weighted by atomic mass is 35.5. The van der Waals surface area contributed by atoms with E-state index in [0.29, 0.717) is 29.1 Å². The van der Waals surface area contributed by atoms with Gasteiger partial charge in [0.25, 0.3) is 0 Å². The number of likely N-dealkylation sites (tertiary alicyclic amines) is 1. The van der Waals surface area contributed by atoms with E-state index in [1.807, 2.05) is 44.2 Å². The van der Waals surface area contributed by atoms with Gasteiger partial charge in [-0.3, -0.25) is 4.79 Å². The quantitative estimate of drug-likeness (QED) is 0.403. The van der Waals surface area contributed by atoms with Crippen LogP contribution in [-0.4, -0.2) is 59.6 Å². The van der Waals surface area contributed by atoms with Crippen molar-refractivity contribution < 1.29 is 9.53 Å². The van der Waals surface area contributed by atoms with E-state index in [0.717, 1.165) is 41.2 Å². The van der Waals surface area contributed by atoms with Crippen molar-refractivity contribution in [1.29, 1.82) is 0 Å². The number of nitrogens with zero attached hydrogens (tertiary/aromatic N) is 4. The Bertz CT molecular complexity index is 1300. The minimum Gasteiger partial charge on any atom is -0.494 e. The van der Waals surface area contributed by atoms with Gasteiger partial charge in [0, 0.05) is 36.3 Å². The number of carbonyl (C=O) groups excluding carboxylic acids is 1. The number of halogens is 1. The molecule has 0 unspecified atom stereocenters. The molecular weight excluding hydrogens is 486 g/mol. The fraction of sp³-hybridized carbons (Fsp3) is 0.414. The smallest absolute Gasteiger partial charge is 0.248 e. The second-order valence-electron chi connectivity index (χ2n) is 9.74. The summed E-state index contributed by atoms with van der Waals surface area (Å²) in [5.41, 5.74) is 3.25. The van der Waals surface area contributed by atoms with E-state index >= 15 is 0 Å². The highest BCUT2D eigenvalue weighted by Gasteiger charge is 2.27. The number of piperidine rings is 1. The van der Waals surface area contributed by atoms with Crippen molar-refractivity contribution in [3.05, 3.63) is 58.8 Å². The lowest BCUT2D eigenvalue weighted by molar-refractivity contribution is -0.111. The Morgan fingerprint density at radius 2 is 1.89 bits per heavy atom. The number of ether oxygens (including phenoxy) is 1. The zero-order valence-corrected chi connectivity index (χ0v) is 22.3. The van der Waals surface area contributed by atoms with Crippen molar-refractivity contribution >= 4 is 46.1 Å². The number of benzene rings is 2. The highest BCUT2D eigenvalue weighted by molar-refractivity contribution is 6.32. The van der Waals surface area contributed by atoms with Gasteiger partial charge >= 0.3 is 0 Å². The molecule has 1 N–H and O–H groups in total. The molecule has 3 aromatic rings. The molecule has 0 spiro atoms. The topological polar surface area (TPSA) is 70.6 Å². The molecule has 0 aliphatic carbocycles. The fourth-order valence-corrected chi connectivity index (χ4v) is 5.51. The van der Waals surface area contributed by atoms with Crippen LogP contribution in [0.4, 0.5) is 11.6 Å². The Kier molecular flexibility index (Phi) is 7.91. The zero-order chi connectivity index (χ0) is 25.8. The van der Waals surface area contributed by atoms with Gasteiger partial charge in [-0.25, -0.2) is 9.97 Å². The molecule has 1 amide bonds. The first-order valence-corrected chi connectivity index (χ1v) is 13.6. The van der Waals surface area contributed by atoms with E-state index in [-0.39, 0.29) is 5.91 Å². The maximum atomic E-state index is 12.6. The summed E-state index contributed by atoms with van der Waals surface area (Å²) >= 11 is 6.31. The van der Waals surface area contributed by atoms with Gasteiger partial charge < -0.3 is 19.9 Å². The van der Waals surface area contributed by atoms with Gasteiger partial charge in [0.1, 0.15) is 5.75 Å². The van der Waals surface area contributed by atoms with Crippen molar-refractivity contribution in [3.63, 3.8) is 0 Å². The van der Waals surface area contributed by atoms with E-state index in [4.69, 9.17) is 26.3 Å². The third-order valence-electron chi connectivity index (χ3n) is 7.24. The van der Waals surface area contributed by atoms with E-state index in [1.54, 1.807) is 12.1 Å². The maximum absolute atomic E-state index is 12.6. The zero-order valence-electron chi connectivity index (χ0n) is 21.5. The Hall–Kier alpha value is -3.16. The van der Waals surface area contributed by atoms with Crippen LogP contribution in [0.1, 0.15) is 43.9 Å². The SMILES string of the molecule is CCOc1ccc(/C=C/C(=O)Nc2ccc3nc(N4CCC(N5CCCC5)CC4)nc(C)c3c2)c(Cl)c1. The number of rotatable bonds is 7. The molecule has 37 heavy (non-hydrogen) atoms. The molecule has 0 bridgehead atoms. The second-order valence-corrected chi connectivity index (χ2v) is 10.1. The van der Waals surface area contributed by atoms with Crippen molar-refractivity contribution in [2.45, 2.75) is 45.6 Å². The molecule has 2 aliphatic rings. The standard InChI is InChI=1S/C29H34ClN5O2/c1-3-37-24-9-6-21(26(30)19-24)7-11-28(36)32-22-8-10-27-25(18-22)20(2)31-29(33-27)35-16-12-23(13-17-35)34-14-4-5-15-34/h6-11,18-19,23H,3-5,12-17H2,1-2H3,(H,32,36)/b11-7+. The van der Waals surface area contributed by atoms with Crippen molar-refractivity contribution in [2.75, 3.05) is 43.0 Å². The lowest BCUT2D eigenvalue weighted by Crippen LogP contribution is -2.44. The summed E-state index contributed by atoms with van der Waals surface area (Å²) in [7, 11) is 0. The van der Waals surface area contributed by atoms with Crippen LogP contribution < -0.4 is 15.0 Å². The largest absolute Gasteiger partial charge is 0.494 e. The van der Waals surface area contributed by atoms with E-state index in [2.05, 4.69) is 15.1 Å². The van der Waals surface area contributed by atoms with Gasteiger partial charge in [0.05, 0.1) is 22.8 Å². The molecule has 7 nitrogen and oxygen atoms in total. The van der Waals surface area contributed by atoms with Gasteiger partial charge in [-0.2, -0.15) is 0 Å². The average Bonchev–Trinajstić information content (AvgIpc) is 3.44. The molecule has 1 aromatic heterocycles. The highest BCUT2D eigenvalue weighted by Crippen LogP contribution is 2.27. The lowest BCUT2D eigenvalue weighted by atomic mass is 10.0. The molecule has 194 valence electrons. The molecule has 0 atom stereocenters. The summed E-state index contributed by atoms with van der Waals surface area (Å²) in [6.45, 7) is 8.98. The number of fused-ring (bicyclic) bond motifs is 1. The first-order valence-electron chi connectivity index (χ1n) is 13.2. The van der Waals surface area contributed by atoms with Gasteiger partial charge in [-0.05, 0) is 101 Å². The number of anilines is 2. The van der Waals surface area contributed by atoms with Crippen molar-refractivity contribution in [1.82, 2.24) is 14.9 Å². The van der Waals surface area contributed by atoms with Crippen LogP contribution in [0.2, 0.25) is 5.02 Å². The molecule has 5 rings (SSSR count). The molecular formula is C29H34ClN5O2. The number of aromatic nitrogens is 2. The van der Waals surface area contributed by atoms with Crippen LogP contribution in [-0.2, 0) is 4.79 Å². The number of hydrogen-bond donors (Lipinski definition) is 1. The Balaban J connectivity index is 1.23. The summed E-state index contributed by atoms with van der Waals surface area (Å²) < 4.78 is 5.45. The number of hydrogen-bond acceptors (Lipinski definition) is 6. The van der Waals surface area contributed by atoms with Crippen molar-refractivity contribution in [3.8, 4) is 5.75 Å².